The summed E-state index contributed by atoms with van der Waals surface area (Å²) >= 11 is 11.4. The first-order chi connectivity index (χ1) is 9.28. The third-order valence-corrected chi connectivity index (χ3v) is 6.32. The molecule has 1 aromatic rings. The molecule has 2 rings (SSSR count). The third kappa shape index (κ3) is 3.46. The Morgan fingerprint density at radius 1 is 1.43 bits per heavy atom. The number of hydrogen-bond donors (Lipinski definition) is 1. The largest absolute Gasteiger partial charge is 0.330 e. The van der Waals surface area contributed by atoms with Crippen molar-refractivity contribution in [2.45, 2.75) is 24.3 Å². The van der Waals surface area contributed by atoms with Gasteiger partial charge in [-0.3, -0.25) is 0 Å². The summed E-state index contributed by atoms with van der Waals surface area (Å²) in [6, 6.07) is 2.23. The van der Waals surface area contributed by atoms with E-state index >= 15 is 0 Å². The van der Waals surface area contributed by atoms with E-state index in [1.807, 2.05) is 0 Å². The minimum absolute atomic E-state index is 0. The normalized spacial score (nSPS) is 23.1. The van der Waals surface area contributed by atoms with Gasteiger partial charge in [-0.1, -0.05) is 23.2 Å². The van der Waals surface area contributed by atoms with Crippen LogP contribution in [0.25, 0.3) is 0 Å². The number of benzene rings is 1. The van der Waals surface area contributed by atoms with Gasteiger partial charge in [-0.2, -0.15) is 4.31 Å². The van der Waals surface area contributed by atoms with Crippen molar-refractivity contribution in [2.75, 3.05) is 13.1 Å². The average molecular weight is 378 g/mol. The first-order valence-electron chi connectivity index (χ1n) is 6.14. The number of halogens is 4. The van der Waals surface area contributed by atoms with E-state index in [-0.39, 0.29) is 34.3 Å². The molecule has 0 bridgehead atoms. The smallest absolute Gasteiger partial charge is 0.244 e. The summed E-state index contributed by atoms with van der Waals surface area (Å²) in [7, 11) is -3.85. The van der Waals surface area contributed by atoms with Gasteiger partial charge in [-0.25, -0.2) is 12.8 Å². The molecule has 120 valence electrons. The molecular weight excluding hydrogens is 362 g/mol. The fourth-order valence-electron chi connectivity index (χ4n) is 2.45. The first-order valence-corrected chi connectivity index (χ1v) is 8.34. The Labute approximate surface area is 139 Å². The van der Waals surface area contributed by atoms with Crippen LogP contribution in [0, 0.1) is 11.7 Å². The minimum Gasteiger partial charge on any atom is -0.330 e. The Morgan fingerprint density at radius 3 is 2.57 bits per heavy atom. The highest BCUT2D eigenvalue weighted by molar-refractivity contribution is 7.89. The van der Waals surface area contributed by atoms with E-state index in [1.165, 1.54) is 16.4 Å². The maximum Gasteiger partial charge on any atom is 0.244 e. The van der Waals surface area contributed by atoms with Crippen LogP contribution in [0.2, 0.25) is 10.0 Å². The highest BCUT2D eigenvalue weighted by atomic mass is 35.5. The molecule has 2 N–H and O–H groups in total. The van der Waals surface area contributed by atoms with E-state index in [9.17, 15) is 12.8 Å². The lowest BCUT2D eigenvalue weighted by atomic mass is 10.1. The monoisotopic (exact) mass is 376 g/mol. The second kappa shape index (κ2) is 6.98. The van der Waals surface area contributed by atoms with Crippen molar-refractivity contribution in [1.82, 2.24) is 4.31 Å². The quantitative estimate of drug-likeness (QED) is 0.824. The van der Waals surface area contributed by atoms with E-state index in [1.54, 1.807) is 6.92 Å². The van der Waals surface area contributed by atoms with Crippen molar-refractivity contribution in [3.63, 3.8) is 0 Å². The summed E-state index contributed by atoms with van der Waals surface area (Å²) < 4.78 is 40.2. The van der Waals surface area contributed by atoms with E-state index in [0.717, 1.165) is 0 Å². The predicted octanol–water partition coefficient (Wildman–Crippen LogP) is 2.91. The molecule has 0 amide bonds. The fourth-order valence-corrected chi connectivity index (χ4v) is 4.89. The van der Waals surface area contributed by atoms with Crippen LogP contribution in [0.15, 0.2) is 17.0 Å². The Bertz CT molecular complexity index is 627. The molecule has 4 nitrogen and oxygen atoms in total. The van der Waals surface area contributed by atoms with Gasteiger partial charge < -0.3 is 5.73 Å². The zero-order valence-electron chi connectivity index (χ0n) is 11.2. The van der Waals surface area contributed by atoms with Crippen molar-refractivity contribution in [3.8, 4) is 0 Å². The molecule has 0 aliphatic carbocycles. The van der Waals surface area contributed by atoms with Crippen LogP contribution in [0.5, 0.6) is 0 Å². The van der Waals surface area contributed by atoms with Crippen molar-refractivity contribution in [1.29, 1.82) is 0 Å². The molecule has 1 saturated heterocycles. The van der Waals surface area contributed by atoms with Crippen LogP contribution in [0.1, 0.15) is 13.3 Å². The molecular formula is C12H16Cl3FN2O2S. The van der Waals surface area contributed by atoms with Crippen LogP contribution >= 0.6 is 35.6 Å². The van der Waals surface area contributed by atoms with Gasteiger partial charge in [-0.05, 0) is 37.9 Å². The molecule has 2 atom stereocenters. The summed E-state index contributed by atoms with van der Waals surface area (Å²) in [6.07, 6.45) is 0.684. The minimum atomic E-state index is -3.85. The predicted molar refractivity (Wildman–Crippen MR) is 84.2 cm³/mol. The SMILES string of the molecule is CC1CC(CN)CN1S(=O)(=O)c1ccc(Cl)c(F)c1Cl.Cl. The third-order valence-electron chi connectivity index (χ3n) is 3.52. The van der Waals surface area contributed by atoms with Crippen LogP contribution in [0.3, 0.4) is 0 Å². The lowest BCUT2D eigenvalue weighted by Crippen LogP contribution is -2.34. The number of sulfonamides is 1. The van der Waals surface area contributed by atoms with E-state index in [2.05, 4.69) is 0 Å². The molecule has 9 heteroatoms. The molecule has 0 aromatic heterocycles. The van der Waals surface area contributed by atoms with Crippen LogP contribution in [0.4, 0.5) is 4.39 Å². The molecule has 1 aromatic carbocycles. The van der Waals surface area contributed by atoms with E-state index in [0.29, 0.717) is 19.5 Å². The van der Waals surface area contributed by atoms with Gasteiger partial charge in [0.05, 0.1) is 10.0 Å². The van der Waals surface area contributed by atoms with Gasteiger partial charge in [0.2, 0.25) is 10.0 Å². The van der Waals surface area contributed by atoms with Gasteiger partial charge in [0, 0.05) is 12.6 Å². The highest BCUT2D eigenvalue weighted by Crippen LogP contribution is 2.35. The second-order valence-corrected chi connectivity index (χ2v) is 7.58. The van der Waals surface area contributed by atoms with Gasteiger partial charge in [0.15, 0.2) is 5.82 Å². The zero-order chi connectivity index (χ0) is 15.1. The van der Waals surface area contributed by atoms with Crippen molar-refractivity contribution >= 4 is 45.6 Å². The van der Waals surface area contributed by atoms with Gasteiger partial charge in [0.25, 0.3) is 0 Å². The van der Waals surface area contributed by atoms with Crippen LogP contribution < -0.4 is 5.73 Å². The van der Waals surface area contributed by atoms with Gasteiger partial charge >= 0.3 is 0 Å². The molecule has 1 heterocycles. The molecule has 1 aliphatic heterocycles. The van der Waals surface area contributed by atoms with Crippen LogP contribution in [-0.2, 0) is 10.0 Å². The fraction of sp³-hybridized carbons (Fsp3) is 0.500. The molecule has 0 spiro atoms. The zero-order valence-corrected chi connectivity index (χ0v) is 14.4. The van der Waals surface area contributed by atoms with Crippen molar-refractivity contribution in [3.05, 3.63) is 28.0 Å². The van der Waals surface area contributed by atoms with Crippen molar-refractivity contribution < 1.29 is 12.8 Å². The molecule has 0 radical (unpaired) electrons. The maximum atomic E-state index is 13.7. The summed E-state index contributed by atoms with van der Waals surface area (Å²) in [4.78, 5) is -0.259. The summed E-state index contributed by atoms with van der Waals surface area (Å²) in [6.45, 7) is 2.53. The summed E-state index contributed by atoms with van der Waals surface area (Å²) in [5, 5.41) is -0.677. The number of rotatable bonds is 3. The van der Waals surface area contributed by atoms with E-state index in [4.69, 9.17) is 28.9 Å². The molecule has 1 aliphatic rings. The average Bonchev–Trinajstić information content (AvgIpc) is 2.78. The summed E-state index contributed by atoms with van der Waals surface area (Å²) in [5.74, 6) is -0.813. The number of nitrogens with zero attached hydrogens (tertiary/aromatic N) is 1. The Morgan fingerprint density at radius 2 is 2.05 bits per heavy atom. The number of nitrogens with two attached hydrogens (primary N) is 1. The highest BCUT2D eigenvalue weighted by Gasteiger charge is 2.38. The second-order valence-electron chi connectivity index (χ2n) is 4.93. The first kappa shape index (κ1) is 18.9. The Kier molecular flexibility index (Phi) is 6.29. The molecule has 21 heavy (non-hydrogen) atoms. The standard InChI is InChI=1S/C12H15Cl2FN2O2S.ClH/c1-7-4-8(5-16)6-17(7)20(18,19)10-3-2-9(13)12(15)11(10)14;/h2-3,7-8H,4-6,16H2,1H3;1H. The van der Waals surface area contributed by atoms with Gasteiger partial charge in [0.1, 0.15) is 4.90 Å². The van der Waals surface area contributed by atoms with Gasteiger partial charge in [-0.15, -0.1) is 12.4 Å². The molecule has 0 saturated carbocycles. The van der Waals surface area contributed by atoms with E-state index < -0.39 is 20.9 Å². The Balaban J connectivity index is 0.00000220. The topological polar surface area (TPSA) is 63.4 Å². The lowest BCUT2D eigenvalue weighted by molar-refractivity contribution is 0.404. The Hall–Kier alpha value is -0.110. The molecule has 1 fully saturated rings. The number of hydrogen-bond acceptors (Lipinski definition) is 3. The van der Waals surface area contributed by atoms with Crippen molar-refractivity contribution in [2.24, 2.45) is 11.7 Å². The lowest BCUT2D eigenvalue weighted by Gasteiger charge is -2.21. The molecule has 2 unspecified atom stereocenters. The maximum absolute atomic E-state index is 13.7. The van der Waals surface area contributed by atoms with Crippen LogP contribution in [-0.4, -0.2) is 31.9 Å². The summed E-state index contributed by atoms with van der Waals surface area (Å²) in [5.41, 5.74) is 5.59.